The molecule has 11 nitrogen and oxygen atoms in total. The van der Waals surface area contributed by atoms with E-state index in [2.05, 4.69) is 20.5 Å². The lowest BCUT2D eigenvalue weighted by Crippen LogP contribution is -2.41. The van der Waals surface area contributed by atoms with E-state index >= 15 is 0 Å². The molecule has 1 aliphatic heterocycles. The molecule has 41 heavy (non-hydrogen) atoms. The number of amides is 1. The molecule has 2 aliphatic carbocycles. The van der Waals surface area contributed by atoms with E-state index in [4.69, 9.17) is 37.1 Å². The first-order valence-electron chi connectivity index (χ1n) is 14.9. The van der Waals surface area contributed by atoms with Crippen molar-refractivity contribution in [3.05, 3.63) is 35.1 Å². The topological polar surface area (TPSA) is 135 Å². The summed E-state index contributed by atoms with van der Waals surface area (Å²) in [4.78, 5) is 32.8. The van der Waals surface area contributed by atoms with Gasteiger partial charge in [-0.3, -0.25) is 5.32 Å². The number of para-hydroxylation sites is 1. The maximum Gasteiger partial charge on any atom is 0.430 e. The molecule has 3 heterocycles. The Kier molecular flexibility index (Phi) is 8.45. The zero-order valence-electron chi connectivity index (χ0n) is 23.6. The summed E-state index contributed by atoms with van der Waals surface area (Å²) in [7, 11) is 0. The van der Waals surface area contributed by atoms with Gasteiger partial charge in [-0.2, -0.15) is 9.97 Å². The molecule has 3 fully saturated rings. The summed E-state index contributed by atoms with van der Waals surface area (Å²) in [5.41, 5.74) is 9.27. The average molecular weight is 582 g/mol. The third-order valence-corrected chi connectivity index (χ3v) is 9.02. The largest absolute Gasteiger partial charge is 0.430 e. The number of benzene rings is 1. The molecule has 12 heteroatoms. The number of rotatable bonds is 7. The zero-order chi connectivity index (χ0) is 28.3. The van der Waals surface area contributed by atoms with Gasteiger partial charge in [0.05, 0.1) is 17.0 Å². The number of aryl methyl sites for hydroxylation is 1. The van der Waals surface area contributed by atoms with Crippen LogP contribution in [0, 0.1) is 6.92 Å². The van der Waals surface area contributed by atoms with Crippen molar-refractivity contribution in [1.82, 2.24) is 24.6 Å². The smallest absolute Gasteiger partial charge is 0.365 e. The second-order valence-electron chi connectivity index (χ2n) is 11.7. The van der Waals surface area contributed by atoms with Crippen LogP contribution in [0.25, 0.3) is 11.2 Å². The molecule has 3 aliphatic rings. The first kappa shape index (κ1) is 28.0. The molecule has 1 amide bonds. The fourth-order valence-corrected chi connectivity index (χ4v) is 6.56. The molecule has 0 spiro atoms. The fraction of sp³-hybridized carbons (Fsp3) is 0.586. The maximum atomic E-state index is 12.5. The molecular weight excluding hydrogens is 542 g/mol. The van der Waals surface area contributed by atoms with Gasteiger partial charge in [-0.1, -0.05) is 36.6 Å². The maximum absolute atomic E-state index is 12.5. The monoisotopic (exact) mass is 581 g/mol. The summed E-state index contributed by atoms with van der Waals surface area (Å²) in [6.07, 6.45) is 11.8. The highest BCUT2D eigenvalue weighted by Gasteiger charge is 2.27. The van der Waals surface area contributed by atoms with E-state index in [1.807, 2.05) is 25.4 Å². The van der Waals surface area contributed by atoms with Crippen LogP contribution in [0.5, 0.6) is 0 Å². The highest BCUT2D eigenvalue weighted by Crippen LogP contribution is 2.34. The number of nitrogens with zero attached hydrogens (tertiary/aromatic N) is 5. The Morgan fingerprint density at radius 1 is 1.00 bits per heavy atom. The van der Waals surface area contributed by atoms with Crippen molar-refractivity contribution in [1.29, 1.82) is 0 Å². The first-order chi connectivity index (χ1) is 19.9. The van der Waals surface area contributed by atoms with Crippen molar-refractivity contribution >= 4 is 46.3 Å². The minimum Gasteiger partial charge on any atom is -0.365 e. The predicted octanol–water partition coefficient (Wildman–Crippen LogP) is 5.63. The van der Waals surface area contributed by atoms with E-state index in [1.165, 1.54) is 12.8 Å². The van der Waals surface area contributed by atoms with Gasteiger partial charge in [0.1, 0.15) is 0 Å². The standard InChI is InChI=1S/C29H40ClN9O2/c1-18-5-4-8-23(30)24(18)35-29(40)41-38-15-13-21(14-16-38)33-26-25-27(39(17-32-25)22-6-2-3-7-22)37-28(36-26)34-20-11-9-19(31)10-12-20/h4-5,8,17,19-22H,2-3,6-7,9-16,31H2,1H3,(H,35,40)(H2,33,34,36,37)/t19-,20-. The SMILES string of the molecule is Cc1cccc(Cl)c1NC(=O)ON1CCC(Nc2nc(N[C@H]3CC[C@H](N)CC3)nc3c2ncn3C2CCCC2)CC1. The van der Waals surface area contributed by atoms with Crippen molar-refractivity contribution in [3.63, 3.8) is 0 Å². The van der Waals surface area contributed by atoms with Crippen molar-refractivity contribution in [3.8, 4) is 0 Å². The fourth-order valence-electron chi connectivity index (χ4n) is 6.29. The van der Waals surface area contributed by atoms with Gasteiger partial charge in [0, 0.05) is 37.3 Å². The van der Waals surface area contributed by atoms with E-state index in [9.17, 15) is 4.79 Å². The van der Waals surface area contributed by atoms with Crippen LogP contribution in [-0.4, -0.2) is 61.9 Å². The van der Waals surface area contributed by atoms with Crippen molar-refractivity contribution in [2.45, 2.75) is 95.3 Å². The van der Waals surface area contributed by atoms with E-state index in [1.54, 1.807) is 11.1 Å². The number of carbonyl (C=O) groups is 1. The van der Waals surface area contributed by atoms with E-state index in [0.29, 0.717) is 47.9 Å². The summed E-state index contributed by atoms with van der Waals surface area (Å²) < 4.78 is 2.24. The van der Waals surface area contributed by atoms with Crippen molar-refractivity contribution < 1.29 is 9.63 Å². The molecule has 6 rings (SSSR count). The number of hydroxylamine groups is 2. The summed E-state index contributed by atoms with van der Waals surface area (Å²) in [6, 6.07) is 6.70. The minimum atomic E-state index is -0.540. The Balaban J connectivity index is 1.12. The molecule has 0 radical (unpaired) electrons. The third-order valence-electron chi connectivity index (χ3n) is 8.70. The predicted molar refractivity (Wildman–Crippen MR) is 161 cm³/mol. The molecule has 1 saturated heterocycles. The number of halogens is 1. The molecule has 5 N–H and O–H groups in total. The van der Waals surface area contributed by atoms with Crippen molar-refractivity contribution in [2.24, 2.45) is 5.73 Å². The number of fused-ring (bicyclic) bond motifs is 1. The summed E-state index contributed by atoms with van der Waals surface area (Å²) in [5.74, 6) is 1.40. The van der Waals surface area contributed by atoms with Crippen molar-refractivity contribution in [2.75, 3.05) is 29.0 Å². The Morgan fingerprint density at radius 3 is 2.46 bits per heavy atom. The number of carbonyl (C=O) groups excluding carboxylic acids is 1. The lowest BCUT2D eigenvalue weighted by atomic mass is 9.92. The molecule has 2 aromatic heterocycles. The molecule has 0 atom stereocenters. The molecular formula is C29H40ClN9O2. The van der Waals surface area contributed by atoms with Gasteiger partial charge in [0.15, 0.2) is 17.0 Å². The molecule has 0 bridgehead atoms. The van der Waals surface area contributed by atoms with E-state index in [0.717, 1.165) is 73.9 Å². The number of nitrogens with one attached hydrogen (secondary N) is 3. The average Bonchev–Trinajstić information content (AvgIpc) is 3.64. The number of nitrogens with two attached hydrogens (primary N) is 1. The van der Waals surface area contributed by atoms with Gasteiger partial charge in [-0.05, 0) is 69.9 Å². The number of imidazole rings is 1. The number of piperidine rings is 1. The Hall–Kier alpha value is -3.15. The Bertz CT molecular complexity index is 1340. The van der Waals surface area contributed by atoms with Crippen LogP contribution in [0.2, 0.25) is 5.02 Å². The van der Waals surface area contributed by atoms with Crippen LogP contribution < -0.4 is 21.7 Å². The molecule has 2 saturated carbocycles. The highest BCUT2D eigenvalue weighted by atomic mass is 35.5. The van der Waals surface area contributed by atoms with Crippen LogP contribution in [-0.2, 0) is 4.84 Å². The number of aromatic nitrogens is 4. The minimum absolute atomic E-state index is 0.166. The lowest BCUT2D eigenvalue weighted by Gasteiger charge is -2.31. The Morgan fingerprint density at radius 2 is 1.73 bits per heavy atom. The number of hydrogen-bond acceptors (Lipinski definition) is 9. The van der Waals surface area contributed by atoms with Gasteiger partial charge < -0.3 is 25.8 Å². The Labute approximate surface area is 245 Å². The molecule has 1 aromatic carbocycles. The highest BCUT2D eigenvalue weighted by molar-refractivity contribution is 6.33. The summed E-state index contributed by atoms with van der Waals surface area (Å²) >= 11 is 6.24. The van der Waals surface area contributed by atoms with E-state index < -0.39 is 6.09 Å². The summed E-state index contributed by atoms with van der Waals surface area (Å²) in [5, 5.41) is 12.2. The van der Waals surface area contributed by atoms with Crippen LogP contribution in [0.4, 0.5) is 22.2 Å². The van der Waals surface area contributed by atoms with Gasteiger partial charge in [0.25, 0.3) is 0 Å². The first-order valence-corrected chi connectivity index (χ1v) is 15.3. The normalized spacial score (nSPS) is 22.6. The second-order valence-corrected chi connectivity index (χ2v) is 12.1. The summed E-state index contributed by atoms with van der Waals surface area (Å²) in [6.45, 7) is 3.10. The quantitative estimate of drug-likeness (QED) is 0.280. The molecule has 3 aromatic rings. The van der Waals surface area contributed by atoms with Gasteiger partial charge in [0.2, 0.25) is 5.95 Å². The zero-order valence-corrected chi connectivity index (χ0v) is 24.4. The van der Waals surface area contributed by atoms with Crippen LogP contribution in [0.15, 0.2) is 24.5 Å². The second kappa shape index (κ2) is 12.4. The van der Waals surface area contributed by atoms with Gasteiger partial charge >= 0.3 is 6.09 Å². The van der Waals surface area contributed by atoms with Crippen LogP contribution >= 0.6 is 11.6 Å². The van der Waals surface area contributed by atoms with Gasteiger partial charge in [-0.25, -0.2) is 9.78 Å². The number of anilines is 3. The van der Waals surface area contributed by atoms with Crippen LogP contribution in [0.3, 0.4) is 0 Å². The number of hydrogen-bond donors (Lipinski definition) is 4. The van der Waals surface area contributed by atoms with E-state index in [-0.39, 0.29) is 6.04 Å². The van der Waals surface area contributed by atoms with Crippen LogP contribution in [0.1, 0.15) is 75.8 Å². The van der Waals surface area contributed by atoms with Gasteiger partial charge in [-0.15, -0.1) is 5.06 Å². The molecule has 220 valence electrons. The molecule has 0 unspecified atom stereocenters. The lowest BCUT2D eigenvalue weighted by molar-refractivity contribution is -0.106. The third kappa shape index (κ3) is 6.52.